The van der Waals surface area contributed by atoms with Crippen molar-refractivity contribution in [1.82, 2.24) is 15.3 Å². The molecule has 3 N–H and O–H groups in total. The third-order valence-electron chi connectivity index (χ3n) is 4.67. The van der Waals surface area contributed by atoms with E-state index in [2.05, 4.69) is 36.5 Å². The topological polar surface area (TPSA) is 88.3 Å². The molecule has 2 aromatic heterocycles. The summed E-state index contributed by atoms with van der Waals surface area (Å²) >= 11 is 3.50. The lowest BCUT2D eigenvalue weighted by atomic mass is 10.0. The molecule has 7 nitrogen and oxygen atoms in total. The lowest BCUT2D eigenvalue weighted by molar-refractivity contribution is 0.0947. The molecule has 4 rings (SSSR count). The highest BCUT2D eigenvalue weighted by Gasteiger charge is 2.28. The van der Waals surface area contributed by atoms with Crippen LogP contribution in [0.3, 0.4) is 0 Å². The summed E-state index contributed by atoms with van der Waals surface area (Å²) in [7, 11) is 3.21. The van der Waals surface area contributed by atoms with E-state index >= 15 is 0 Å². The molecular weight excluding hydrogens is 424 g/mol. The van der Waals surface area contributed by atoms with Crippen molar-refractivity contribution in [2.45, 2.75) is 6.42 Å². The van der Waals surface area contributed by atoms with Gasteiger partial charge in [-0.25, -0.2) is 0 Å². The average Bonchev–Trinajstić information content (AvgIpc) is 3.07. The number of halogens is 1. The van der Waals surface area contributed by atoms with Gasteiger partial charge < -0.3 is 25.1 Å². The van der Waals surface area contributed by atoms with Crippen molar-refractivity contribution in [3.05, 3.63) is 52.4 Å². The van der Waals surface area contributed by atoms with Gasteiger partial charge in [-0.3, -0.25) is 9.78 Å². The van der Waals surface area contributed by atoms with Crippen molar-refractivity contribution >= 4 is 33.2 Å². The molecule has 144 valence electrons. The Kier molecular flexibility index (Phi) is 4.95. The quantitative estimate of drug-likeness (QED) is 0.557. The number of hydrogen-bond acceptors (Lipinski definition) is 5. The highest BCUT2D eigenvalue weighted by Crippen LogP contribution is 2.42. The van der Waals surface area contributed by atoms with Crippen molar-refractivity contribution in [1.29, 1.82) is 0 Å². The summed E-state index contributed by atoms with van der Waals surface area (Å²) < 4.78 is 11.8. The molecule has 0 radical (unpaired) electrons. The minimum Gasteiger partial charge on any atom is -0.494 e. The number of benzene rings is 1. The number of H-pyrrole nitrogens is 1. The van der Waals surface area contributed by atoms with Crippen LogP contribution in [-0.4, -0.2) is 36.6 Å². The molecule has 0 unspecified atom stereocenters. The lowest BCUT2D eigenvalue weighted by Crippen LogP contribution is -2.31. The van der Waals surface area contributed by atoms with Crippen LogP contribution in [-0.2, 0) is 6.42 Å². The van der Waals surface area contributed by atoms with Crippen molar-refractivity contribution in [2.75, 3.05) is 26.1 Å². The number of aromatic amines is 1. The number of anilines is 2. The Hall–Kier alpha value is -3.00. The zero-order valence-electron chi connectivity index (χ0n) is 15.4. The van der Waals surface area contributed by atoms with E-state index in [4.69, 9.17) is 9.47 Å². The molecule has 1 aromatic carbocycles. The van der Waals surface area contributed by atoms with Crippen LogP contribution < -0.4 is 20.1 Å². The van der Waals surface area contributed by atoms with Crippen molar-refractivity contribution < 1.29 is 14.3 Å². The summed E-state index contributed by atoms with van der Waals surface area (Å²) in [4.78, 5) is 20.2. The van der Waals surface area contributed by atoms with Gasteiger partial charge in [0.2, 0.25) is 0 Å². The Labute approximate surface area is 170 Å². The predicted octanol–water partition coefficient (Wildman–Crippen LogP) is 3.89. The summed E-state index contributed by atoms with van der Waals surface area (Å²) in [6.45, 7) is 0.596. The zero-order valence-corrected chi connectivity index (χ0v) is 17.0. The molecule has 0 aliphatic carbocycles. The Morgan fingerprint density at radius 2 is 2.07 bits per heavy atom. The molecule has 0 saturated carbocycles. The molecule has 3 aromatic rings. The first kappa shape index (κ1) is 18.4. The predicted molar refractivity (Wildman–Crippen MR) is 111 cm³/mol. The number of pyridine rings is 1. The Morgan fingerprint density at radius 1 is 1.21 bits per heavy atom. The molecule has 1 aliphatic rings. The number of rotatable bonds is 5. The number of nitrogens with one attached hydrogen (secondary N) is 3. The van der Waals surface area contributed by atoms with Crippen LogP contribution in [0.4, 0.5) is 11.4 Å². The number of carbonyl (C=O) groups excluding carboxylic acids is 1. The van der Waals surface area contributed by atoms with Crippen LogP contribution in [0.25, 0.3) is 11.3 Å². The number of ether oxygens (including phenoxy) is 2. The van der Waals surface area contributed by atoms with Crippen LogP contribution >= 0.6 is 15.9 Å². The third-order valence-corrected chi connectivity index (χ3v) is 5.29. The van der Waals surface area contributed by atoms with Gasteiger partial charge in [0.05, 0.1) is 47.5 Å². The summed E-state index contributed by atoms with van der Waals surface area (Å²) in [5.74, 6) is 1.15. The van der Waals surface area contributed by atoms with Crippen LogP contribution in [0.15, 0.2) is 41.1 Å². The summed E-state index contributed by atoms with van der Waals surface area (Å²) in [5, 5.41) is 6.31. The van der Waals surface area contributed by atoms with E-state index in [0.717, 1.165) is 33.5 Å². The lowest BCUT2D eigenvalue weighted by Gasteiger charge is -2.17. The molecule has 0 saturated heterocycles. The fourth-order valence-electron chi connectivity index (χ4n) is 3.40. The molecule has 0 atom stereocenters. The first-order valence-corrected chi connectivity index (χ1v) is 9.54. The minimum atomic E-state index is -0.117. The van der Waals surface area contributed by atoms with Gasteiger partial charge >= 0.3 is 0 Å². The molecule has 3 heterocycles. The number of aromatic nitrogens is 2. The normalized spacial score (nSPS) is 12.9. The molecule has 8 heteroatoms. The minimum absolute atomic E-state index is 0.117. The van der Waals surface area contributed by atoms with Crippen LogP contribution in [0.2, 0.25) is 0 Å². The fraction of sp³-hybridized carbons (Fsp3) is 0.200. The second-order valence-electron chi connectivity index (χ2n) is 6.26. The van der Waals surface area contributed by atoms with Gasteiger partial charge in [0.25, 0.3) is 5.91 Å². The highest BCUT2D eigenvalue weighted by molar-refractivity contribution is 9.10. The van der Waals surface area contributed by atoms with Gasteiger partial charge in [-0.05, 0) is 34.1 Å². The number of fused-ring (bicyclic) bond motifs is 1. The highest BCUT2D eigenvalue weighted by atomic mass is 79.9. The van der Waals surface area contributed by atoms with Gasteiger partial charge in [-0.1, -0.05) is 6.07 Å². The first-order valence-electron chi connectivity index (χ1n) is 8.75. The van der Waals surface area contributed by atoms with Gasteiger partial charge in [0.15, 0.2) is 5.75 Å². The largest absolute Gasteiger partial charge is 0.494 e. The molecule has 0 fully saturated rings. The standard InChI is InChI=1S/C20H19BrN4O3/c1-27-15-10-22-8-6-11(15)17-18(16-13(24-17)7-9-23-20(16)26)25-14-5-3-4-12(21)19(14)28-2/h3-6,8,10,24-25H,7,9H2,1-2H3,(H,23,26). The Balaban J connectivity index is 1.92. The van der Waals surface area contributed by atoms with Gasteiger partial charge in [-0.2, -0.15) is 0 Å². The number of para-hydroxylation sites is 1. The van der Waals surface area contributed by atoms with Crippen molar-refractivity contribution in [2.24, 2.45) is 0 Å². The van der Waals surface area contributed by atoms with E-state index < -0.39 is 0 Å². The van der Waals surface area contributed by atoms with Crippen LogP contribution in [0.1, 0.15) is 16.1 Å². The van der Waals surface area contributed by atoms with E-state index in [1.54, 1.807) is 26.6 Å². The monoisotopic (exact) mass is 442 g/mol. The number of methoxy groups -OCH3 is 2. The summed E-state index contributed by atoms with van der Waals surface area (Å²) in [5.41, 5.74) is 4.48. The molecule has 28 heavy (non-hydrogen) atoms. The van der Waals surface area contributed by atoms with Gasteiger partial charge in [0.1, 0.15) is 5.75 Å². The van der Waals surface area contributed by atoms with E-state index in [1.165, 1.54) is 0 Å². The van der Waals surface area contributed by atoms with Crippen LogP contribution in [0, 0.1) is 0 Å². The van der Waals surface area contributed by atoms with Crippen molar-refractivity contribution in [3.63, 3.8) is 0 Å². The molecule has 1 amide bonds. The van der Waals surface area contributed by atoms with Gasteiger partial charge in [-0.15, -0.1) is 0 Å². The zero-order chi connectivity index (χ0) is 19.7. The fourth-order valence-corrected chi connectivity index (χ4v) is 3.93. The third kappa shape index (κ3) is 3.09. The number of nitrogens with zero attached hydrogens (tertiary/aromatic N) is 1. The van der Waals surface area contributed by atoms with E-state index in [-0.39, 0.29) is 5.91 Å². The second-order valence-corrected chi connectivity index (χ2v) is 7.11. The van der Waals surface area contributed by atoms with E-state index in [0.29, 0.717) is 29.3 Å². The molecular formula is C20H19BrN4O3. The maximum atomic E-state index is 12.7. The van der Waals surface area contributed by atoms with E-state index in [1.807, 2.05) is 24.3 Å². The van der Waals surface area contributed by atoms with Crippen LogP contribution in [0.5, 0.6) is 11.5 Å². The Bertz CT molecular complexity index is 1050. The molecule has 1 aliphatic heterocycles. The number of hydrogen-bond donors (Lipinski definition) is 3. The van der Waals surface area contributed by atoms with Gasteiger partial charge in [0, 0.05) is 30.4 Å². The molecule has 0 spiro atoms. The number of amides is 1. The van der Waals surface area contributed by atoms with E-state index in [9.17, 15) is 4.79 Å². The maximum Gasteiger partial charge on any atom is 0.255 e. The Morgan fingerprint density at radius 3 is 2.86 bits per heavy atom. The second kappa shape index (κ2) is 7.55. The summed E-state index contributed by atoms with van der Waals surface area (Å²) in [6.07, 6.45) is 4.07. The first-order chi connectivity index (χ1) is 13.6. The number of carbonyl (C=O) groups is 1. The average molecular weight is 443 g/mol. The summed E-state index contributed by atoms with van der Waals surface area (Å²) in [6, 6.07) is 7.56. The maximum absolute atomic E-state index is 12.7. The molecule has 0 bridgehead atoms. The smallest absolute Gasteiger partial charge is 0.255 e. The van der Waals surface area contributed by atoms with Crippen molar-refractivity contribution in [3.8, 4) is 22.8 Å². The SMILES string of the molecule is COc1cnccc1-c1[nH]c2c(c1Nc1cccc(Br)c1OC)C(=O)NCC2.